The fourth-order valence-corrected chi connectivity index (χ4v) is 5.00. The van der Waals surface area contributed by atoms with Gasteiger partial charge in [0.25, 0.3) is 5.91 Å². The number of benzene rings is 4. The summed E-state index contributed by atoms with van der Waals surface area (Å²) in [6.07, 6.45) is 1.07. The van der Waals surface area contributed by atoms with Crippen molar-refractivity contribution in [2.75, 3.05) is 33.4 Å². The number of likely N-dealkylation sites (N-methyl/N-ethyl adjacent to an activating group) is 1. The molecule has 41 heavy (non-hydrogen) atoms. The van der Waals surface area contributed by atoms with E-state index in [-0.39, 0.29) is 37.6 Å². The van der Waals surface area contributed by atoms with Gasteiger partial charge < -0.3 is 25.8 Å². The van der Waals surface area contributed by atoms with Gasteiger partial charge in [0.05, 0.1) is 31.8 Å². The van der Waals surface area contributed by atoms with Crippen LogP contribution in [0.2, 0.25) is 0 Å². The van der Waals surface area contributed by atoms with E-state index in [0.29, 0.717) is 31.6 Å². The summed E-state index contributed by atoms with van der Waals surface area (Å²) in [5.74, 6) is -0.826. The number of carbonyl (C=O) groups is 2. The van der Waals surface area contributed by atoms with Crippen LogP contribution in [0, 0.1) is 5.92 Å². The van der Waals surface area contributed by atoms with Crippen molar-refractivity contribution in [2.45, 2.75) is 25.4 Å². The minimum absolute atomic E-state index is 0.0808. The number of carbonyl (C=O) groups excluding carboxylic acids is 2. The zero-order valence-electron chi connectivity index (χ0n) is 23.5. The van der Waals surface area contributed by atoms with E-state index in [0.717, 1.165) is 27.5 Å². The normalized spacial score (nSPS) is 12.6. The van der Waals surface area contributed by atoms with Gasteiger partial charge in [-0.3, -0.25) is 9.59 Å². The third-order valence-electron chi connectivity index (χ3n) is 7.33. The molecule has 0 saturated carbocycles. The monoisotopic (exact) mass is 553 g/mol. The topological polar surface area (TPSA) is 105 Å². The minimum Gasteiger partial charge on any atom is -0.394 e. The number of hydrogen-bond donors (Lipinski definition) is 3. The number of hydrogen-bond acceptors (Lipinski definition) is 5. The summed E-state index contributed by atoms with van der Waals surface area (Å²) in [5, 5.41) is 14.5. The highest BCUT2D eigenvalue weighted by atomic mass is 16.5. The van der Waals surface area contributed by atoms with Crippen LogP contribution < -0.4 is 11.1 Å². The van der Waals surface area contributed by atoms with Gasteiger partial charge >= 0.3 is 0 Å². The molecule has 0 saturated heterocycles. The first-order valence-corrected chi connectivity index (χ1v) is 14.0. The lowest BCUT2D eigenvalue weighted by Gasteiger charge is -2.32. The third kappa shape index (κ3) is 8.47. The van der Waals surface area contributed by atoms with Gasteiger partial charge in [-0.25, -0.2) is 0 Å². The van der Waals surface area contributed by atoms with E-state index in [1.165, 1.54) is 0 Å². The van der Waals surface area contributed by atoms with Crippen molar-refractivity contribution in [3.8, 4) is 0 Å². The lowest BCUT2D eigenvalue weighted by molar-refractivity contribution is -0.137. The highest BCUT2D eigenvalue weighted by molar-refractivity contribution is 5.94. The van der Waals surface area contributed by atoms with Crippen molar-refractivity contribution in [1.29, 1.82) is 0 Å². The molecule has 7 nitrogen and oxygen atoms in total. The number of nitrogens with two attached hydrogens (primary N) is 1. The van der Waals surface area contributed by atoms with Crippen LogP contribution in [0.25, 0.3) is 10.8 Å². The van der Waals surface area contributed by atoms with E-state index < -0.39 is 5.92 Å². The van der Waals surface area contributed by atoms with Crippen molar-refractivity contribution in [1.82, 2.24) is 10.2 Å². The average molecular weight is 554 g/mol. The number of aliphatic hydroxyl groups is 1. The van der Waals surface area contributed by atoms with E-state index in [1.807, 2.05) is 60.7 Å². The largest absolute Gasteiger partial charge is 0.394 e. The number of nitrogens with zero attached hydrogens (tertiary/aromatic N) is 1. The van der Waals surface area contributed by atoms with Gasteiger partial charge in [-0.15, -0.1) is 0 Å². The molecule has 0 unspecified atom stereocenters. The zero-order chi connectivity index (χ0) is 29.0. The Morgan fingerprint density at radius 2 is 1.59 bits per heavy atom. The maximum absolute atomic E-state index is 14.1. The summed E-state index contributed by atoms with van der Waals surface area (Å²) >= 11 is 0. The fourth-order valence-electron chi connectivity index (χ4n) is 5.00. The second-order valence-electron chi connectivity index (χ2n) is 10.3. The van der Waals surface area contributed by atoms with Crippen LogP contribution in [-0.2, 0) is 28.9 Å². The maximum atomic E-state index is 14.1. The van der Waals surface area contributed by atoms with E-state index in [4.69, 9.17) is 10.5 Å². The first kappa shape index (κ1) is 29.9. The number of nitrogens with one attached hydrogen (secondary N) is 1. The second-order valence-corrected chi connectivity index (χ2v) is 10.3. The summed E-state index contributed by atoms with van der Waals surface area (Å²) < 4.78 is 5.69. The molecule has 4 rings (SSSR count). The molecule has 0 aliphatic rings. The summed E-state index contributed by atoms with van der Waals surface area (Å²) in [6, 6.07) is 31.3. The van der Waals surface area contributed by atoms with E-state index in [1.54, 1.807) is 24.1 Å². The van der Waals surface area contributed by atoms with Crippen LogP contribution in [0.15, 0.2) is 97.1 Å². The van der Waals surface area contributed by atoms with Crippen LogP contribution in [0.1, 0.15) is 27.0 Å². The highest BCUT2D eigenvalue weighted by Crippen LogP contribution is 2.20. The first-order chi connectivity index (χ1) is 20.0. The van der Waals surface area contributed by atoms with Crippen molar-refractivity contribution in [2.24, 2.45) is 11.7 Å². The molecule has 0 spiro atoms. The molecule has 0 bridgehead atoms. The van der Waals surface area contributed by atoms with Gasteiger partial charge in [0.2, 0.25) is 5.91 Å². The van der Waals surface area contributed by atoms with Crippen LogP contribution >= 0.6 is 0 Å². The Morgan fingerprint density at radius 3 is 2.34 bits per heavy atom. The van der Waals surface area contributed by atoms with Crippen molar-refractivity contribution in [3.05, 3.63) is 119 Å². The Morgan fingerprint density at radius 1 is 0.854 bits per heavy atom. The molecule has 0 aromatic heterocycles. The fraction of sp³-hybridized carbons (Fsp3) is 0.294. The maximum Gasteiger partial charge on any atom is 0.251 e. The highest BCUT2D eigenvalue weighted by Gasteiger charge is 2.28. The third-order valence-corrected chi connectivity index (χ3v) is 7.33. The molecule has 0 fully saturated rings. The van der Waals surface area contributed by atoms with Gasteiger partial charge in [0.15, 0.2) is 0 Å². The van der Waals surface area contributed by atoms with Gasteiger partial charge in [0, 0.05) is 25.7 Å². The summed E-state index contributed by atoms with van der Waals surface area (Å²) in [7, 11) is 1.79. The van der Waals surface area contributed by atoms with Gasteiger partial charge in [-0.1, -0.05) is 84.9 Å². The van der Waals surface area contributed by atoms with E-state index >= 15 is 0 Å². The number of rotatable bonds is 14. The number of ether oxygens (including phenoxy) is 1. The van der Waals surface area contributed by atoms with Crippen molar-refractivity contribution < 1.29 is 19.4 Å². The Balaban J connectivity index is 1.56. The standard InChI is InChI=1S/C34H39N3O4/c1-37(32(24-41-17-16-38)21-25-8-3-2-4-9-25)34(40)31(19-26-14-15-28-11-5-6-12-29(28)18-26)23-36-33(39)30-13-7-10-27(20-30)22-35/h2-15,18,20,31-32,38H,16-17,19,21-24,35H2,1H3,(H,36,39)/t31-,32-/m1/s1. The van der Waals surface area contributed by atoms with Crippen LogP contribution in [0.3, 0.4) is 0 Å². The first-order valence-electron chi connectivity index (χ1n) is 14.0. The quantitative estimate of drug-likeness (QED) is 0.205. The Labute approximate surface area is 241 Å². The van der Waals surface area contributed by atoms with Crippen molar-refractivity contribution in [3.63, 3.8) is 0 Å². The van der Waals surface area contributed by atoms with Crippen molar-refractivity contribution >= 4 is 22.6 Å². The van der Waals surface area contributed by atoms with Gasteiger partial charge in [-0.05, 0) is 52.4 Å². The van der Waals surface area contributed by atoms with Crippen LogP contribution in [0.4, 0.5) is 0 Å². The molecule has 0 radical (unpaired) electrons. The second kappa shape index (κ2) is 15.1. The minimum atomic E-state index is -0.501. The van der Waals surface area contributed by atoms with Crippen LogP contribution in [-0.4, -0.2) is 61.3 Å². The number of aliphatic hydroxyl groups excluding tert-OH is 1. The predicted octanol–water partition coefficient (Wildman–Crippen LogP) is 3.97. The summed E-state index contributed by atoms with van der Waals surface area (Å²) in [5.41, 5.74) is 9.25. The molecule has 2 amide bonds. The molecule has 4 N–H and O–H groups in total. The predicted molar refractivity (Wildman–Crippen MR) is 162 cm³/mol. The number of amides is 2. The molecule has 7 heteroatoms. The van der Waals surface area contributed by atoms with Gasteiger partial charge in [-0.2, -0.15) is 0 Å². The molecule has 4 aromatic carbocycles. The van der Waals surface area contributed by atoms with Gasteiger partial charge in [0.1, 0.15) is 0 Å². The average Bonchev–Trinajstić information content (AvgIpc) is 3.02. The Hall–Kier alpha value is -4.04. The molecule has 214 valence electrons. The van der Waals surface area contributed by atoms with E-state index in [2.05, 4.69) is 29.6 Å². The number of fused-ring (bicyclic) bond motifs is 1. The lowest BCUT2D eigenvalue weighted by atomic mass is 9.94. The Kier molecular flexibility index (Phi) is 11.0. The Bertz CT molecular complexity index is 1430. The summed E-state index contributed by atoms with van der Waals surface area (Å²) in [6.45, 7) is 0.926. The SMILES string of the molecule is CN(C(=O)[C@@H](CNC(=O)c1cccc(CN)c1)Cc1ccc2ccccc2c1)[C@@H](COCCO)Cc1ccccc1. The zero-order valence-corrected chi connectivity index (χ0v) is 23.5. The van der Waals surface area contributed by atoms with Crippen LogP contribution in [0.5, 0.6) is 0 Å². The molecule has 4 aromatic rings. The lowest BCUT2D eigenvalue weighted by Crippen LogP contribution is -2.47. The molecule has 2 atom stereocenters. The molecule has 0 aliphatic heterocycles. The molecule has 0 aliphatic carbocycles. The molecular weight excluding hydrogens is 514 g/mol. The van der Waals surface area contributed by atoms with E-state index in [9.17, 15) is 14.7 Å². The molecule has 0 heterocycles. The summed E-state index contributed by atoms with van der Waals surface area (Å²) in [4.78, 5) is 28.9. The smallest absolute Gasteiger partial charge is 0.251 e. The molecular formula is C34H39N3O4.